The summed E-state index contributed by atoms with van der Waals surface area (Å²) in [6.45, 7) is 6.69. The number of benzene rings is 1. The van der Waals surface area contributed by atoms with Crippen molar-refractivity contribution in [1.29, 1.82) is 0 Å². The predicted molar refractivity (Wildman–Crippen MR) is 103 cm³/mol. The van der Waals surface area contributed by atoms with Crippen molar-refractivity contribution >= 4 is 23.6 Å². The largest absolute Gasteiger partial charge is 0.444 e. The van der Waals surface area contributed by atoms with E-state index in [1.165, 1.54) is 11.0 Å². The first kappa shape index (κ1) is 19.8. The zero-order valence-electron chi connectivity index (χ0n) is 16.7. The van der Waals surface area contributed by atoms with Gasteiger partial charge in [0.25, 0.3) is 0 Å². The maximum Gasteiger partial charge on any atom is 0.414 e. The minimum Gasteiger partial charge on any atom is -0.444 e. The molecular formula is C20H26FN3O5. The van der Waals surface area contributed by atoms with Crippen LogP contribution in [-0.4, -0.2) is 61.3 Å². The van der Waals surface area contributed by atoms with E-state index >= 15 is 0 Å². The Labute approximate surface area is 168 Å². The molecule has 1 aromatic carbocycles. The van der Waals surface area contributed by atoms with E-state index in [-0.39, 0.29) is 31.0 Å². The number of cyclic esters (lactones) is 1. The molecule has 0 spiro atoms. The summed E-state index contributed by atoms with van der Waals surface area (Å²) in [5.74, 6) is 0.140. The molecule has 2 amide bonds. The normalized spacial score (nSPS) is 28.2. The third kappa shape index (κ3) is 3.96. The summed E-state index contributed by atoms with van der Waals surface area (Å²) in [5, 5.41) is 12.0. The van der Waals surface area contributed by atoms with Gasteiger partial charge >= 0.3 is 12.2 Å². The summed E-state index contributed by atoms with van der Waals surface area (Å²) >= 11 is 0. The number of amides is 2. The number of alkyl carbamates (subject to hydrolysis) is 1. The molecule has 4 atom stereocenters. The molecule has 1 aliphatic carbocycles. The van der Waals surface area contributed by atoms with Gasteiger partial charge < -0.3 is 24.8 Å². The van der Waals surface area contributed by atoms with Crippen molar-refractivity contribution in [1.82, 2.24) is 5.32 Å². The fourth-order valence-electron chi connectivity index (χ4n) is 4.13. The minimum atomic E-state index is -0.592. The van der Waals surface area contributed by atoms with Gasteiger partial charge in [0.2, 0.25) is 0 Å². The van der Waals surface area contributed by atoms with E-state index < -0.39 is 29.7 Å². The molecule has 1 unspecified atom stereocenters. The molecule has 4 rings (SSSR count). The lowest BCUT2D eigenvalue weighted by Gasteiger charge is -2.25. The molecule has 9 heteroatoms. The summed E-state index contributed by atoms with van der Waals surface area (Å²) in [7, 11) is 0. The minimum absolute atomic E-state index is 0.0678. The second-order valence-corrected chi connectivity index (χ2v) is 8.84. The molecular weight excluding hydrogens is 381 g/mol. The van der Waals surface area contributed by atoms with E-state index in [1.807, 2.05) is 25.7 Å². The van der Waals surface area contributed by atoms with Gasteiger partial charge in [-0.1, -0.05) is 0 Å². The highest BCUT2D eigenvalue weighted by Gasteiger charge is 2.57. The van der Waals surface area contributed by atoms with Crippen LogP contribution in [0.5, 0.6) is 0 Å². The molecule has 0 aromatic heterocycles. The van der Waals surface area contributed by atoms with Gasteiger partial charge in [0.1, 0.15) is 17.5 Å². The van der Waals surface area contributed by atoms with Crippen molar-refractivity contribution < 1.29 is 28.6 Å². The number of aliphatic hydroxyl groups excluding tert-OH is 1. The number of hydrogen-bond acceptors (Lipinski definition) is 6. The first-order valence-corrected chi connectivity index (χ1v) is 9.79. The van der Waals surface area contributed by atoms with Crippen LogP contribution in [0.3, 0.4) is 0 Å². The van der Waals surface area contributed by atoms with Crippen molar-refractivity contribution in [3.8, 4) is 0 Å². The van der Waals surface area contributed by atoms with Gasteiger partial charge in [-0.15, -0.1) is 0 Å². The highest BCUT2D eigenvalue weighted by Crippen LogP contribution is 2.47. The van der Waals surface area contributed by atoms with Crippen molar-refractivity contribution in [2.75, 3.05) is 36.0 Å². The van der Waals surface area contributed by atoms with Gasteiger partial charge in [0.05, 0.1) is 24.5 Å². The third-order valence-electron chi connectivity index (χ3n) is 5.54. The molecule has 2 saturated heterocycles. The fourth-order valence-corrected chi connectivity index (χ4v) is 4.13. The van der Waals surface area contributed by atoms with Gasteiger partial charge in [0, 0.05) is 31.0 Å². The highest BCUT2D eigenvalue weighted by molar-refractivity contribution is 5.90. The molecule has 8 nitrogen and oxygen atoms in total. The number of carbonyl (C=O) groups excluding carboxylic acids is 2. The number of rotatable bonds is 4. The number of carbonyl (C=O) groups is 2. The smallest absolute Gasteiger partial charge is 0.414 e. The first-order valence-electron chi connectivity index (χ1n) is 9.79. The zero-order chi connectivity index (χ0) is 20.9. The van der Waals surface area contributed by atoms with E-state index in [0.29, 0.717) is 24.5 Å². The van der Waals surface area contributed by atoms with Gasteiger partial charge in [-0.25, -0.2) is 14.0 Å². The van der Waals surface area contributed by atoms with Gasteiger partial charge in [-0.3, -0.25) is 4.90 Å². The maximum absolute atomic E-state index is 14.7. The summed E-state index contributed by atoms with van der Waals surface area (Å²) < 4.78 is 25.0. The van der Waals surface area contributed by atoms with Crippen molar-refractivity contribution in [2.45, 2.75) is 38.5 Å². The molecule has 2 aliphatic heterocycles. The van der Waals surface area contributed by atoms with Crippen LogP contribution in [0.25, 0.3) is 0 Å². The SMILES string of the molecule is CC(C)(C)OC(=O)NC1[C@H]2CN(c3ccc(N4C[C@H](CO)OC4=O)cc3F)C[C@@H]12. The van der Waals surface area contributed by atoms with Gasteiger partial charge in [-0.05, 0) is 39.0 Å². The number of ether oxygens (including phenoxy) is 2. The second kappa shape index (κ2) is 7.05. The molecule has 1 aromatic rings. The Bertz CT molecular complexity index is 815. The van der Waals surface area contributed by atoms with Crippen LogP contribution in [0.4, 0.5) is 25.4 Å². The number of halogens is 1. The Morgan fingerprint density at radius 1 is 1.31 bits per heavy atom. The third-order valence-corrected chi connectivity index (χ3v) is 5.54. The number of piperidine rings is 1. The van der Waals surface area contributed by atoms with Crippen molar-refractivity contribution in [3.05, 3.63) is 24.0 Å². The molecule has 158 valence electrons. The average molecular weight is 407 g/mol. The number of hydrogen-bond donors (Lipinski definition) is 2. The summed E-state index contributed by atoms with van der Waals surface area (Å²) in [6, 6.07) is 4.72. The number of aliphatic hydroxyl groups is 1. The Kier molecular flexibility index (Phi) is 4.80. The average Bonchev–Trinajstić information content (AvgIpc) is 2.98. The standard InChI is InChI=1S/C20H26FN3O5/c1-20(2,3)29-18(26)22-17-13-8-23(9-14(13)17)16-5-4-11(6-15(16)21)24-7-12(10-25)28-19(24)27/h4-6,12-14,17,25H,7-10H2,1-3H3,(H,22,26)/t12-,13-,14+,17?/m1/s1. The van der Waals surface area contributed by atoms with E-state index in [4.69, 9.17) is 14.6 Å². The number of nitrogens with one attached hydrogen (secondary N) is 1. The number of anilines is 2. The zero-order valence-corrected chi connectivity index (χ0v) is 16.7. The predicted octanol–water partition coefficient (Wildman–Crippen LogP) is 2.10. The lowest BCUT2D eigenvalue weighted by atomic mass is 10.2. The highest BCUT2D eigenvalue weighted by atomic mass is 19.1. The van der Waals surface area contributed by atoms with Gasteiger partial charge in [-0.2, -0.15) is 0 Å². The van der Waals surface area contributed by atoms with E-state index in [9.17, 15) is 14.0 Å². The summed E-state index contributed by atoms with van der Waals surface area (Å²) in [5.41, 5.74) is 0.341. The topological polar surface area (TPSA) is 91.3 Å². The molecule has 2 heterocycles. The Morgan fingerprint density at radius 2 is 2.00 bits per heavy atom. The number of fused-ring (bicyclic) bond motifs is 1. The molecule has 0 bridgehead atoms. The van der Waals surface area contributed by atoms with Crippen LogP contribution in [0.2, 0.25) is 0 Å². The molecule has 29 heavy (non-hydrogen) atoms. The van der Waals surface area contributed by atoms with Crippen LogP contribution in [0, 0.1) is 17.7 Å². The maximum atomic E-state index is 14.7. The fraction of sp³-hybridized carbons (Fsp3) is 0.600. The Balaban J connectivity index is 1.35. The van der Waals surface area contributed by atoms with Crippen LogP contribution >= 0.6 is 0 Å². The van der Waals surface area contributed by atoms with Crippen LogP contribution in [0.1, 0.15) is 20.8 Å². The molecule has 0 radical (unpaired) electrons. The van der Waals surface area contributed by atoms with Crippen LogP contribution < -0.4 is 15.1 Å². The van der Waals surface area contributed by atoms with Crippen molar-refractivity contribution in [3.63, 3.8) is 0 Å². The molecule has 2 N–H and O–H groups in total. The molecule has 3 fully saturated rings. The van der Waals surface area contributed by atoms with Crippen molar-refractivity contribution in [2.24, 2.45) is 11.8 Å². The Hall–Kier alpha value is -2.55. The summed E-state index contributed by atoms with van der Waals surface area (Å²) in [4.78, 5) is 27.1. The molecule has 3 aliphatic rings. The van der Waals surface area contributed by atoms with Crippen LogP contribution in [0.15, 0.2) is 18.2 Å². The van der Waals surface area contributed by atoms with E-state index in [2.05, 4.69) is 5.32 Å². The van der Waals surface area contributed by atoms with E-state index in [1.54, 1.807) is 12.1 Å². The lowest BCUT2D eigenvalue weighted by molar-refractivity contribution is 0.0518. The number of nitrogens with zero attached hydrogens (tertiary/aromatic N) is 2. The molecule has 1 saturated carbocycles. The lowest BCUT2D eigenvalue weighted by Crippen LogP contribution is -2.38. The van der Waals surface area contributed by atoms with E-state index in [0.717, 1.165) is 0 Å². The second-order valence-electron chi connectivity index (χ2n) is 8.84. The Morgan fingerprint density at radius 3 is 2.55 bits per heavy atom. The van der Waals surface area contributed by atoms with Gasteiger partial charge in [0.15, 0.2) is 0 Å². The quantitative estimate of drug-likeness (QED) is 0.794. The monoisotopic (exact) mass is 407 g/mol. The summed E-state index contributed by atoms with van der Waals surface area (Å²) in [6.07, 6.45) is -1.60. The van der Waals surface area contributed by atoms with Crippen LogP contribution in [-0.2, 0) is 9.47 Å². The first-order chi connectivity index (χ1) is 13.7.